The van der Waals surface area contributed by atoms with Crippen LogP contribution in [0.25, 0.3) is 0 Å². The number of aliphatic hydroxyl groups excluding tert-OH is 1. The molecule has 1 fully saturated rings. The average Bonchev–Trinajstić information content (AvgIpc) is 2.88. The van der Waals surface area contributed by atoms with Gasteiger partial charge in [0.15, 0.2) is 0 Å². The predicted molar refractivity (Wildman–Crippen MR) is 74.1 cm³/mol. The summed E-state index contributed by atoms with van der Waals surface area (Å²) in [5, 5.41) is 9.25. The van der Waals surface area contributed by atoms with Crippen LogP contribution in [-0.4, -0.2) is 30.9 Å². The maximum atomic E-state index is 13.3. The fourth-order valence-corrected chi connectivity index (χ4v) is 4.45. The Morgan fingerprint density at radius 3 is 2.85 bits per heavy atom. The Balaban J connectivity index is 2.29. The zero-order chi connectivity index (χ0) is 14.8. The molecule has 1 aliphatic rings. The molecule has 0 aromatic heterocycles. The Kier molecular flexibility index (Phi) is 4.78. The minimum Gasteiger partial charge on any atom is -0.392 e. The summed E-state index contributed by atoms with van der Waals surface area (Å²) in [6.45, 7) is 2.61. The van der Waals surface area contributed by atoms with Crippen LogP contribution >= 0.6 is 0 Å². The largest absolute Gasteiger partial charge is 0.392 e. The van der Waals surface area contributed by atoms with Crippen molar-refractivity contribution in [3.8, 4) is 0 Å². The topological polar surface area (TPSA) is 57.6 Å². The fraction of sp³-hybridized carbons (Fsp3) is 0.571. The molecule has 4 nitrogen and oxygen atoms in total. The first-order chi connectivity index (χ1) is 9.48. The lowest BCUT2D eigenvalue weighted by Gasteiger charge is -2.18. The van der Waals surface area contributed by atoms with Crippen molar-refractivity contribution in [2.75, 3.05) is 13.1 Å². The Hall–Kier alpha value is -0.980. The fourth-order valence-electron chi connectivity index (χ4n) is 2.70. The van der Waals surface area contributed by atoms with E-state index in [9.17, 15) is 17.9 Å². The van der Waals surface area contributed by atoms with E-state index in [4.69, 9.17) is 0 Å². The van der Waals surface area contributed by atoms with Crippen molar-refractivity contribution in [2.45, 2.75) is 37.7 Å². The number of rotatable bonds is 5. The first kappa shape index (κ1) is 15.4. The molecule has 1 unspecified atom stereocenters. The zero-order valence-electron chi connectivity index (χ0n) is 11.5. The highest BCUT2D eigenvalue weighted by atomic mass is 32.2. The van der Waals surface area contributed by atoms with Gasteiger partial charge in [-0.15, -0.1) is 0 Å². The first-order valence-corrected chi connectivity index (χ1v) is 8.32. The van der Waals surface area contributed by atoms with Gasteiger partial charge in [0.25, 0.3) is 0 Å². The van der Waals surface area contributed by atoms with Gasteiger partial charge in [-0.1, -0.05) is 19.4 Å². The Labute approximate surface area is 119 Å². The zero-order valence-corrected chi connectivity index (χ0v) is 12.4. The highest BCUT2D eigenvalue weighted by Gasteiger charge is 2.33. The first-order valence-electron chi connectivity index (χ1n) is 6.88. The van der Waals surface area contributed by atoms with Crippen LogP contribution in [0.3, 0.4) is 0 Å². The molecule has 0 radical (unpaired) electrons. The van der Waals surface area contributed by atoms with Gasteiger partial charge in [-0.25, -0.2) is 12.8 Å². The molecule has 1 aliphatic heterocycles. The van der Waals surface area contributed by atoms with Crippen LogP contribution in [0.1, 0.15) is 31.7 Å². The van der Waals surface area contributed by atoms with Crippen LogP contribution in [0, 0.1) is 11.7 Å². The van der Waals surface area contributed by atoms with Crippen molar-refractivity contribution in [3.05, 3.63) is 29.6 Å². The van der Waals surface area contributed by atoms with Gasteiger partial charge in [0.1, 0.15) is 5.82 Å². The van der Waals surface area contributed by atoms with Crippen molar-refractivity contribution in [1.82, 2.24) is 4.31 Å². The Morgan fingerprint density at radius 2 is 2.20 bits per heavy atom. The molecule has 0 aliphatic carbocycles. The molecule has 1 N–H and O–H groups in total. The van der Waals surface area contributed by atoms with E-state index in [2.05, 4.69) is 6.92 Å². The summed E-state index contributed by atoms with van der Waals surface area (Å²) in [6.07, 6.45) is 2.87. The third kappa shape index (κ3) is 3.02. The summed E-state index contributed by atoms with van der Waals surface area (Å²) in [4.78, 5) is -0.114. The summed E-state index contributed by atoms with van der Waals surface area (Å²) in [5.41, 5.74) is 0.241. The van der Waals surface area contributed by atoms with E-state index in [0.29, 0.717) is 19.0 Å². The summed E-state index contributed by atoms with van der Waals surface area (Å²) in [5.74, 6) is -0.231. The van der Waals surface area contributed by atoms with E-state index >= 15 is 0 Å². The van der Waals surface area contributed by atoms with Gasteiger partial charge in [-0.3, -0.25) is 0 Å². The third-order valence-electron chi connectivity index (χ3n) is 3.76. The van der Waals surface area contributed by atoms with E-state index in [0.717, 1.165) is 31.4 Å². The number of nitrogens with zero attached hydrogens (tertiary/aromatic N) is 1. The standard InChI is InChI=1S/C14H20FNO3S/c1-2-3-11-6-7-16(9-11)20(18,19)14-8-13(15)5-4-12(14)10-17/h4-5,8,11,17H,2-3,6-7,9-10H2,1H3. The number of benzene rings is 1. The second-order valence-electron chi connectivity index (χ2n) is 5.22. The predicted octanol–water partition coefficient (Wildman–Crippen LogP) is 2.13. The van der Waals surface area contributed by atoms with Gasteiger partial charge < -0.3 is 5.11 Å². The molecular formula is C14H20FNO3S. The summed E-state index contributed by atoms with van der Waals surface area (Å²) < 4.78 is 39.9. The third-order valence-corrected chi connectivity index (χ3v) is 5.71. The van der Waals surface area contributed by atoms with E-state index in [1.165, 1.54) is 10.4 Å². The van der Waals surface area contributed by atoms with E-state index < -0.39 is 22.4 Å². The van der Waals surface area contributed by atoms with Gasteiger partial charge in [0.05, 0.1) is 11.5 Å². The highest BCUT2D eigenvalue weighted by Crippen LogP contribution is 2.28. The van der Waals surface area contributed by atoms with Crippen LogP contribution in [0.5, 0.6) is 0 Å². The van der Waals surface area contributed by atoms with Gasteiger partial charge in [0.2, 0.25) is 10.0 Å². The lowest BCUT2D eigenvalue weighted by atomic mass is 10.0. The molecule has 0 spiro atoms. The molecule has 1 heterocycles. The van der Waals surface area contributed by atoms with Crippen molar-refractivity contribution < 1.29 is 17.9 Å². The molecule has 1 aromatic rings. The number of hydrogen-bond donors (Lipinski definition) is 1. The molecular weight excluding hydrogens is 281 g/mol. The minimum atomic E-state index is -3.72. The lowest BCUT2D eigenvalue weighted by molar-refractivity contribution is 0.278. The van der Waals surface area contributed by atoms with Crippen LogP contribution in [0.4, 0.5) is 4.39 Å². The molecule has 0 saturated carbocycles. The maximum absolute atomic E-state index is 13.3. The van der Waals surface area contributed by atoms with Gasteiger partial charge >= 0.3 is 0 Å². The summed E-state index contributed by atoms with van der Waals surface area (Å²) in [6, 6.07) is 3.48. The smallest absolute Gasteiger partial charge is 0.243 e. The second-order valence-corrected chi connectivity index (χ2v) is 7.12. The second kappa shape index (κ2) is 6.20. The van der Waals surface area contributed by atoms with E-state index in [1.807, 2.05) is 0 Å². The number of aliphatic hydroxyl groups is 1. The number of halogens is 1. The van der Waals surface area contributed by atoms with Crippen LogP contribution in [0.15, 0.2) is 23.1 Å². The molecule has 1 aromatic carbocycles. The van der Waals surface area contributed by atoms with Gasteiger partial charge in [-0.2, -0.15) is 4.31 Å². The van der Waals surface area contributed by atoms with E-state index in [1.54, 1.807) is 0 Å². The van der Waals surface area contributed by atoms with Crippen molar-refractivity contribution >= 4 is 10.0 Å². The van der Waals surface area contributed by atoms with Gasteiger partial charge in [0, 0.05) is 13.1 Å². The number of sulfonamides is 1. The normalized spacial score (nSPS) is 20.4. The molecule has 112 valence electrons. The van der Waals surface area contributed by atoms with E-state index in [-0.39, 0.29) is 10.5 Å². The molecule has 1 saturated heterocycles. The summed E-state index contributed by atoms with van der Waals surface area (Å²) >= 11 is 0. The van der Waals surface area contributed by atoms with Crippen molar-refractivity contribution in [3.63, 3.8) is 0 Å². The highest BCUT2D eigenvalue weighted by molar-refractivity contribution is 7.89. The number of hydrogen-bond acceptors (Lipinski definition) is 3. The van der Waals surface area contributed by atoms with Crippen LogP contribution in [0.2, 0.25) is 0 Å². The monoisotopic (exact) mass is 301 g/mol. The molecule has 0 amide bonds. The molecule has 2 rings (SSSR count). The summed E-state index contributed by atoms with van der Waals surface area (Å²) in [7, 11) is -3.72. The molecule has 1 atom stereocenters. The lowest BCUT2D eigenvalue weighted by Crippen LogP contribution is -2.29. The Bertz CT molecular complexity index is 574. The molecule has 0 bridgehead atoms. The molecule has 6 heteroatoms. The van der Waals surface area contributed by atoms with Crippen molar-refractivity contribution in [1.29, 1.82) is 0 Å². The quantitative estimate of drug-likeness (QED) is 0.906. The van der Waals surface area contributed by atoms with Crippen molar-refractivity contribution in [2.24, 2.45) is 5.92 Å². The van der Waals surface area contributed by atoms with Crippen LogP contribution in [-0.2, 0) is 16.6 Å². The van der Waals surface area contributed by atoms with Gasteiger partial charge in [-0.05, 0) is 36.5 Å². The Morgan fingerprint density at radius 1 is 1.45 bits per heavy atom. The molecule has 20 heavy (non-hydrogen) atoms. The average molecular weight is 301 g/mol. The van der Waals surface area contributed by atoms with Crippen LogP contribution < -0.4 is 0 Å². The maximum Gasteiger partial charge on any atom is 0.243 e. The SMILES string of the molecule is CCCC1CCN(S(=O)(=O)c2cc(F)ccc2CO)C1. The minimum absolute atomic E-state index is 0.114.